The van der Waals surface area contributed by atoms with E-state index >= 15 is 0 Å². The number of halogens is 1. The summed E-state index contributed by atoms with van der Waals surface area (Å²) in [5.41, 5.74) is 2.24. The Balaban J connectivity index is 2.25. The maximum atomic E-state index is 4.19. The molecule has 2 aromatic heterocycles. The minimum atomic E-state index is 0.723. The molecule has 0 fully saturated rings. The van der Waals surface area contributed by atoms with Gasteiger partial charge in [0.2, 0.25) is 5.78 Å². The van der Waals surface area contributed by atoms with Gasteiger partial charge in [0.25, 0.3) is 0 Å². The van der Waals surface area contributed by atoms with Gasteiger partial charge in [-0.2, -0.15) is 0 Å². The van der Waals surface area contributed by atoms with Gasteiger partial charge in [0.15, 0.2) is 0 Å². The van der Waals surface area contributed by atoms with E-state index in [1.54, 1.807) is 12.4 Å². The zero-order valence-electron chi connectivity index (χ0n) is 8.34. The molecular weight excluding hydrogens is 266 g/mol. The fraction of sp³-hybridized carbons (Fsp3) is 0. The Bertz CT molecular complexity index is 628. The lowest BCUT2D eigenvalue weighted by Crippen LogP contribution is -1.92. The van der Waals surface area contributed by atoms with Crippen LogP contribution in [0.1, 0.15) is 0 Å². The van der Waals surface area contributed by atoms with Crippen molar-refractivity contribution >= 4 is 21.7 Å². The topological polar surface area (TPSA) is 30.2 Å². The van der Waals surface area contributed by atoms with E-state index in [1.807, 2.05) is 28.8 Å². The van der Waals surface area contributed by atoms with Crippen LogP contribution in [-0.2, 0) is 0 Å². The summed E-state index contributed by atoms with van der Waals surface area (Å²) in [6.07, 6.45) is 5.45. The van der Waals surface area contributed by atoms with E-state index in [0.717, 1.165) is 21.5 Å². The largest absolute Gasteiger partial charge is 0.284 e. The van der Waals surface area contributed by atoms with Crippen molar-refractivity contribution in [2.75, 3.05) is 0 Å². The Kier molecular flexibility index (Phi) is 2.22. The van der Waals surface area contributed by atoms with E-state index < -0.39 is 0 Å². The molecule has 0 bridgehead atoms. The first-order valence-electron chi connectivity index (χ1n) is 4.88. The van der Waals surface area contributed by atoms with Crippen LogP contribution in [-0.4, -0.2) is 14.4 Å². The van der Waals surface area contributed by atoms with Crippen LogP contribution in [0.5, 0.6) is 0 Å². The Labute approximate surface area is 101 Å². The number of nitrogens with zero attached hydrogens (tertiary/aromatic N) is 3. The summed E-state index contributed by atoms with van der Waals surface area (Å²) in [6, 6.07) is 10.2. The van der Waals surface area contributed by atoms with Crippen molar-refractivity contribution in [1.82, 2.24) is 14.4 Å². The Morgan fingerprint density at radius 1 is 0.938 bits per heavy atom. The lowest BCUT2D eigenvalue weighted by molar-refractivity contribution is 1.11. The first-order chi connectivity index (χ1) is 7.84. The summed E-state index contributed by atoms with van der Waals surface area (Å²) in [4.78, 5) is 8.35. The van der Waals surface area contributed by atoms with E-state index in [0.29, 0.717) is 0 Å². The van der Waals surface area contributed by atoms with Crippen LogP contribution in [0.25, 0.3) is 17.0 Å². The van der Waals surface area contributed by atoms with Gasteiger partial charge in [-0.05, 0) is 23.8 Å². The van der Waals surface area contributed by atoms with Crippen LogP contribution < -0.4 is 0 Å². The number of aromatic nitrogens is 3. The molecule has 3 aromatic rings. The normalized spacial score (nSPS) is 10.8. The smallest absolute Gasteiger partial charge is 0.234 e. The third-order valence-corrected chi connectivity index (χ3v) is 2.97. The maximum Gasteiger partial charge on any atom is 0.234 e. The van der Waals surface area contributed by atoms with Crippen molar-refractivity contribution < 1.29 is 0 Å². The van der Waals surface area contributed by atoms with Crippen molar-refractivity contribution in [3.8, 4) is 11.3 Å². The van der Waals surface area contributed by atoms with Crippen molar-refractivity contribution in [2.45, 2.75) is 0 Å². The molecule has 0 saturated heterocycles. The van der Waals surface area contributed by atoms with E-state index in [4.69, 9.17) is 0 Å². The molecular formula is C12H8BrN3. The molecule has 0 saturated carbocycles. The molecule has 16 heavy (non-hydrogen) atoms. The molecule has 78 valence electrons. The SMILES string of the molecule is Brc1ccc(-c2ccnc3nccn23)cc1. The molecule has 2 heterocycles. The predicted octanol–water partition coefficient (Wildman–Crippen LogP) is 3.16. The second-order valence-corrected chi connectivity index (χ2v) is 4.35. The molecule has 0 aliphatic rings. The second-order valence-electron chi connectivity index (χ2n) is 3.43. The first kappa shape index (κ1) is 9.54. The van der Waals surface area contributed by atoms with Crippen LogP contribution in [0, 0.1) is 0 Å². The third kappa shape index (κ3) is 1.51. The van der Waals surface area contributed by atoms with Crippen molar-refractivity contribution in [3.05, 3.63) is 53.4 Å². The lowest BCUT2D eigenvalue weighted by atomic mass is 10.1. The quantitative estimate of drug-likeness (QED) is 0.682. The molecule has 0 spiro atoms. The number of rotatable bonds is 1. The van der Waals surface area contributed by atoms with Gasteiger partial charge < -0.3 is 0 Å². The van der Waals surface area contributed by atoms with Crippen molar-refractivity contribution in [2.24, 2.45) is 0 Å². The standard InChI is InChI=1S/C12H8BrN3/c13-10-3-1-9(2-4-10)11-5-6-14-12-15-7-8-16(11)12/h1-8H. The third-order valence-electron chi connectivity index (χ3n) is 2.44. The second kappa shape index (κ2) is 3.72. The van der Waals surface area contributed by atoms with Crippen LogP contribution in [0.15, 0.2) is 53.4 Å². The fourth-order valence-electron chi connectivity index (χ4n) is 1.69. The number of benzene rings is 1. The van der Waals surface area contributed by atoms with Gasteiger partial charge in [0, 0.05) is 23.1 Å². The average molecular weight is 274 g/mol. The van der Waals surface area contributed by atoms with Gasteiger partial charge in [-0.25, -0.2) is 9.97 Å². The molecule has 4 heteroatoms. The van der Waals surface area contributed by atoms with E-state index in [1.165, 1.54) is 0 Å². The van der Waals surface area contributed by atoms with Crippen molar-refractivity contribution in [3.63, 3.8) is 0 Å². The zero-order chi connectivity index (χ0) is 11.0. The molecule has 0 radical (unpaired) electrons. The minimum absolute atomic E-state index is 0.723. The molecule has 0 atom stereocenters. The summed E-state index contributed by atoms with van der Waals surface area (Å²) in [6.45, 7) is 0. The molecule has 0 amide bonds. The average Bonchev–Trinajstić information content (AvgIpc) is 2.78. The number of hydrogen-bond acceptors (Lipinski definition) is 2. The van der Waals surface area contributed by atoms with E-state index in [-0.39, 0.29) is 0 Å². The van der Waals surface area contributed by atoms with Gasteiger partial charge in [-0.3, -0.25) is 4.40 Å². The van der Waals surface area contributed by atoms with Gasteiger partial charge >= 0.3 is 0 Å². The van der Waals surface area contributed by atoms with E-state index in [2.05, 4.69) is 38.0 Å². The highest BCUT2D eigenvalue weighted by atomic mass is 79.9. The first-order valence-corrected chi connectivity index (χ1v) is 5.68. The van der Waals surface area contributed by atoms with E-state index in [9.17, 15) is 0 Å². The summed E-state index contributed by atoms with van der Waals surface area (Å²) in [7, 11) is 0. The molecule has 0 N–H and O–H groups in total. The highest BCUT2D eigenvalue weighted by Gasteiger charge is 2.03. The number of hydrogen-bond donors (Lipinski definition) is 0. The van der Waals surface area contributed by atoms with Gasteiger partial charge in [0.05, 0.1) is 5.69 Å². The minimum Gasteiger partial charge on any atom is -0.284 e. The van der Waals surface area contributed by atoms with Gasteiger partial charge in [-0.1, -0.05) is 28.1 Å². The van der Waals surface area contributed by atoms with Crippen LogP contribution in [0.3, 0.4) is 0 Å². The number of imidazole rings is 1. The lowest BCUT2D eigenvalue weighted by Gasteiger charge is -2.04. The summed E-state index contributed by atoms with van der Waals surface area (Å²) < 4.78 is 3.05. The summed E-state index contributed by atoms with van der Waals surface area (Å²) in [5, 5.41) is 0. The molecule has 3 nitrogen and oxygen atoms in total. The maximum absolute atomic E-state index is 4.19. The van der Waals surface area contributed by atoms with Gasteiger partial charge in [0.1, 0.15) is 0 Å². The Morgan fingerprint density at radius 3 is 2.50 bits per heavy atom. The molecule has 0 aliphatic heterocycles. The van der Waals surface area contributed by atoms with Crippen LogP contribution in [0.4, 0.5) is 0 Å². The highest BCUT2D eigenvalue weighted by Crippen LogP contribution is 2.21. The summed E-state index contributed by atoms with van der Waals surface area (Å²) >= 11 is 3.43. The molecule has 0 aliphatic carbocycles. The molecule has 3 rings (SSSR count). The van der Waals surface area contributed by atoms with Gasteiger partial charge in [-0.15, -0.1) is 0 Å². The Hall–Kier alpha value is -1.68. The molecule has 0 unspecified atom stereocenters. The van der Waals surface area contributed by atoms with Crippen molar-refractivity contribution in [1.29, 1.82) is 0 Å². The zero-order valence-corrected chi connectivity index (χ0v) is 9.92. The van der Waals surface area contributed by atoms with Crippen LogP contribution in [0.2, 0.25) is 0 Å². The molecule has 1 aromatic carbocycles. The summed E-state index contributed by atoms with van der Waals surface area (Å²) in [5.74, 6) is 0.723. The monoisotopic (exact) mass is 273 g/mol. The fourth-order valence-corrected chi connectivity index (χ4v) is 1.95. The predicted molar refractivity (Wildman–Crippen MR) is 66.1 cm³/mol. The highest BCUT2D eigenvalue weighted by molar-refractivity contribution is 9.10. The van der Waals surface area contributed by atoms with Crippen LogP contribution >= 0.6 is 15.9 Å². The Morgan fingerprint density at radius 2 is 1.69 bits per heavy atom. The number of fused-ring (bicyclic) bond motifs is 1.